The molecule has 0 unspecified atom stereocenters. The maximum atomic E-state index is 5.72. The van der Waals surface area contributed by atoms with Crippen LogP contribution in [0.25, 0.3) is 11.5 Å². The maximum absolute atomic E-state index is 5.72. The number of aryl methyl sites for hydroxylation is 1. The second-order valence-electron chi connectivity index (χ2n) is 5.49. The van der Waals surface area contributed by atoms with Crippen LogP contribution in [0.4, 0.5) is 0 Å². The third-order valence-corrected chi connectivity index (χ3v) is 4.59. The summed E-state index contributed by atoms with van der Waals surface area (Å²) in [7, 11) is 0. The predicted molar refractivity (Wildman–Crippen MR) is 85.5 cm³/mol. The first-order chi connectivity index (χ1) is 10.3. The fraction of sp³-hybridized carbons (Fsp3) is 0.500. The Morgan fingerprint density at radius 2 is 1.86 bits per heavy atom. The summed E-state index contributed by atoms with van der Waals surface area (Å²) < 4.78 is 5.72. The largest absolute Gasteiger partial charge is 0.411 e. The quantitative estimate of drug-likeness (QED) is 0.789. The molecule has 2 aromatic rings. The zero-order valence-corrected chi connectivity index (χ0v) is 13.2. The lowest BCUT2D eigenvalue weighted by atomic mass is 10.1. The zero-order chi connectivity index (χ0) is 14.5. The molecule has 1 aromatic heterocycles. The number of benzene rings is 1. The van der Waals surface area contributed by atoms with E-state index in [0.717, 1.165) is 17.9 Å². The van der Waals surface area contributed by atoms with Gasteiger partial charge in [-0.05, 0) is 45.0 Å². The molecule has 1 aromatic carbocycles. The van der Waals surface area contributed by atoms with Crippen LogP contribution >= 0.6 is 11.8 Å². The molecule has 1 aliphatic heterocycles. The van der Waals surface area contributed by atoms with Gasteiger partial charge < -0.3 is 9.32 Å². The van der Waals surface area contributed by atoms with Gasteiger partial charge in [0.25, 0.3) is 5.22 Å². The first kappa shape index (κ1) is 14.6. The Labute approximate surface area is 129 Å². The van der Waals surface area contributed by atoms with Crippen molar-refractivity contribution >= 4 is 11.8 Å². The van der Waals surface area contributed by atoms with Gasteiger partial charge in [-0.2, -0.15) is 0 Å². The number of hydrogen-bond acceptors (Lipinski definition) is 5. The van der Waals surface area contributed by atoms with Crippen molar-refractivity contribution in [1.29, 1.82) is 0 Å². The van der Waals surface area contributed by atoms with Crippen LogP contribution in [0.15, 0.2) is 33.9 Å². The fourth-order valence-electron chi connectivity index (χ4n) is 2.53. The second kappa shape index (κ2) is 7.09. The Hall–Kier alpha value is -1.33. The lowest BCUT2D eigenvalue weighted by Crippen LogP contribution is -2.31. The van der Waals surface area contributed by atoms with Gasteiger partial charge in [-0.15, -0.1) is 10.2 Å². The lowest BCUT2D eigenvalue weighted by Gasteiger charge is -2.25. The minimum absolute atomic E-state index is 0.607. The van der Waals surface area contributed by atoms with E-state index in [2.05, 4.69) is 34.2 Å². The molecule has 1 aliphatic rings. The van der Waals surface area contributed by atoms with Crippen LogP contribution in [0.2, 0.25) is 0 Å². The Kier molecular flexibility index (Phi) is 4.93. The molecule has 0 bridgehead atoms. The predicted octanol–water partition coefficient (Wildman–Crippen LogP) is 3.62. The van der Waals surface area contributed by atoms with Gasteiger partial charge in [0.1, 0.15) is 0 Å². The highest BCUT2D eigenvalue weighted by atomic mass is 32.2. The van der Waals surface area contributed by atoms with Crippen LogP contribution in [-0.4, -0.2) is 40.5 Å². The van der Waals surface area contributed by atoms with Gasteiger partial charge in [0.05, 0.1) is 0 Å². The number of aromatic nitrogens is 2. The molecule has 0 amide bonds. The van der Waals surface area contributed by atoms with Crippen molar-refractivity contribution in [3.63, 3.8) is 0 Å². The number of hydrogen-bond donors (Lipinski definition) is 0. The van der Waals surface area contributed by atoms with E-state index in [4.69, 9.17) is 4.42 Å². The summed E-state index contributed by atoms with van der Waals surface area (Å²) in [6, 6.07) is 8.15. The van der Waals surface area contributed by atoms with Gasteiger partial charge in [0, 0.05) is 17.9 Å². The topological polar surface area (TPSA) is 42.2 Å². The van der Waals surface area contributed by atoms with Crippen molar-refractivity contribution in [3.8, 4) is 11.5 Å². The lowest BCUT2D eigenvalue weighted by molar-refractivity contribution is 0.242. The average molecular weight is 303 g/mol. The van der Waals surface area contributed by atoms with Gasteiger partial charge in [0.15, 0.2) is 0 Å². The molecule has 112 valence electrons. The molecule has 1 fully saturated rings. The van der Waals surface area contributed by atoms with E-state index in [1.807, 2.05) is 12.1 Å². The second-order valence-corrected chi connectivity index (χ2v) is 6.54. The average Bonchev–Trinajstić information content (AvgIpc) is 2.98. The van der Waals surface area contributed by atoms with Crippen LogP contribution in [0, 0.1) is 6.92 Å². The number of rotatable bonds is 5. The number of thioether (sulfide) groups is 1. The Balaban J connectivity index is 1.51. The molecular weight excluding hydrogens is 282 g/mol. The summed E-state index contributed by atoms with van der Waals surface area (Å²) in [5, 5.41) is 8.92. The maximum Gasteiger partial charge on any atom is 0.276 e. The van der Waals surface area contributed by atoms with E-state index in [0.29, 0.717) is 11.1 Å². The monoisotopic (exact) mass is 303 g/mol. The normalized spacial score (nSPS) is 16.2. The minimum Gasteiger partial charge on any atom is -0.411 e. The van der Waals surface area contributed by atoms with Crippen LogP contribution < -0.4 is 0 Å². The van der Waals surface area contributed by atoms with Crippen molar-refractivity contribution in [1.82, 2.24) is 15.1 Å². The molecule has 21 heavy (non-hydrogen) atoms. The number of likely N-dealkylation sites (tertiary alicyclic amines) is 1. The summed E-state index contributed by atoms with van der Waals surface area (Å²) >= 11 is 1.65. The van der Waals surface area contributed by atoms with Gasteiger partial charge in [0.2, 0.25) is 5.89 Å². The summed E-state index contributed by atoms with van der Waals surface area (Å²) in [6.45, 7) is 5.64. The van der Waals surface area contributed by atoms with E-state index < -0.39 is 0 Å². The van der Waals surface area contributed by atoms with Crippen molar-refractivity contribution in [2.45, 2.75) is 31.4 Å². The Bertz CT molecular complexity index is 561. The Morgan fingerprint density at radius 1 is 1.10 bits per heavy atom. The van der Waals surface area contributed by atoms with Crippen molar-refractivity contribution in [3.05, 3.63) is 29.8 Å². The Morgan fingerprint density at radius 3 is 2.62 bits per heavy atom. The van der Waals surface area contributed by atoms with Crippen LogP contribution in [-0.2, 0) is 0 Å². The highest BCUT2D eigenvalue weighted by molar-refractivity contribution is 7.99. The van der Waals surface area contributed by atoms with Crippen LogP contribution in [0.3, 0.4) is 0 Å². The van der Waals surface area contributed by atoms with E-state index in [1.54, 1.807) is 11.8 Å². The third-order valence-electron chi connectivity index (χ3n) is 3.79. The van der Waals surface area contributed by atoms with E-state index in [9.17, 15) is 0 Å². The number of piperidine rings is 1. The molecule has 4 nitrogen and oxygen atoms in total. The molecule has 0 saturated carbocycles. The van der Waals surface area contributed by atoms with Crippen molar-refractivity contribution in [2.75, 3.05) is 25.4 Å². The SMILES string of the molecule is Cc1ccc(-c2nnc(SCCN3CCCCC3)o2)cc1. The molecule has 0 radical (unpaired) electrons. The summed E-state index contributed by atoms with van der Waals surface area (Å²) in [5.74, 6) is 1.62. The van der Waals surface area contributed by atoms with E-state index in [-0.39, 0.29) is 0 Å². The smallest absolute Gasteiger partial charge is 0.276 e. The number of nitrogens with zero attached hydrogens (tertiary/aromatic N) is 3. The van der Waals surface area contributed by atoms with Crippen molar-refractivity contribution in [2.24, 2.45) is 0 Å². The summed E-state index contributed by atoms with van der Waals surface area (Å²) in [6.07, 6.45) is 4.05. The van der Waals surface area contributed by atoms with Gasteiger partial charge >= 0.3 is 0 Å². The molecule has 5 heteroatoms. The molecule has 1 saturated heterocycles. The van der Waals surface area contributed by atoms with Gasteiger partial charge in [-0.1, -0.05) is 35.9 Å². The highest BCUT2D eigenvalue weighted by Gasteiger charge is 2.12. The zero-order valence-electron chi connectivity index (χ0n) is 12.4. The molecule has 0 atom stereocenters. The van der Waals surface area contributed by atoms with Gasteiger partial charge in [-0.25, -0.2) is 0 Å². The molecular formula is C16H21N3OS. The van der Waals surface area contributed by atoms with E-state index >= 15 is 0 Å². The first-order valence-electron chi connectivity index (χ1n) is 7.57. The van der Waals surface area contributed by atoms with Crippen molar-refractivity contribution < 1.29 is 4.42 Å². The highest BCUT2D eigenvalue weighted by Crippen LogP contribution is 2.23. The summed E-state index contributed by atoms with van der Waals surface area (Å²) in [4.78, 5) is 2.52. The molecule has 2 heterocycles. The standard InChI is InChI=1S/C16H21N3OS/c1-13-5-7-14(8-6-13)15-17-18-16(20-15)21-12-11-19-9-3-2-4-10-19/h5-8H,2-4,9-12H2,1H3. The molecule has 0 aliphatic carbocycles. The van der Waals surface area contributed by atoms with Crippen LogP contribution in [0.1, 0.15) is 24.8 Å². The summed E-state index contributed by atoms with van der Waals surface area (Å²) in [5.41, 5.74) is 2.21. The molecule has 3 rings (SSSR count). The van der Waals surface area contributed by atoms with E-state index in [1.165, 1.54) is 37.9 Å². The minimum atomic E-state index is 0.607. The molecule has 0 spiro atoms. The fourth-order valence-corrected chi connectivity index (χ4v) is 3.29. The van der Waals surface area contributed by atoms with Gasteiger partial charge in [-0.3, -0.25) is 0 Å². The third kappa shape index (κ3) is 4.08. The molecule has 0 N–H and O–H groups in total. The first-order valence-corrected chi connectivity index (χ1v) is 8.55. The van der Waals surface area contributed by atoms with Crippen LogP contribution in [0.5, 0.6) is 0 Å².